The molecule has 2 aromatic rings. The first kappa shape index (κ1) is 12.8. The van der Waals surface area contributed by atoms with Crippen LogP contribution in [0.2, 0.25) is 0 Å². The quantitative estimate of drug-likeness (QED) is 0.866. The maximum absolute atomic E-state index is 13.2. The standard InChI is InChI=1S/C12H14FN3OS/c1-3-4-11-14-15-12(18)16(11)9-6-5-8(13)7-10(9)17-2/h5-7H,3-4H2,1-2H3,(H,15,18). The lowest BCUT2D eigenvalue weighted by Gasteiger charge is -2.11. The van der Waals surface area contributed by atoms with Gasteiger partial charge < -0.3 is 4.74 Å². The van der Waals surface area contributed by atoms with E-state index in [4.69, 9.17) is 17.0 Å². The van der Waals surface area contributed by atoms with Gasteiger partial charge in [-0.25, -0.2) is 4.39 Å². The third kappa shape index (κ3) is 2.28. The fourth-order valence-corrected chi connectivity index (χ4v) is 2.05. The zero-order valence-electron chi connectivity index (χ0n) is 10.2. The Balaban J connectivity index is 2.61. The van der Waals surface area contributed by atoms with Gasteiger partial charge in [0.15, 0.2) is 4.77 Å². The normalized spacial score (nSPS) is 10.6. The SMILES string of the molecule is CCCc1n[nH]c(=S)n1-c1ccc(F)cc1OC. The predicted molar refractivity (Wildman–Crippen MR) is 69.3 cm³/mol. The van der Waals surface area contributed by atoms with Crippen molar-refractivity contribution in [2.45, 2.75) is 19.8 Å². The number of H-pyrrole nitrogens is 1. The molecule has 0 aliphatic carbocycles. The van der Waals surface area contributed by atoms with Crippen molar-refractivity contribution in [3.8, 4) is 11.4 Å². The molecule has 0 amide bonds. The van der Waals surface area contributed by atoms with Gasteiger partial charge in [0, 0.05) is 12.5 Å². The van der Waals surface area contributed by atoms with Gasteiger partial charge >= 0.3 is 0 Å². The van der Waals surface area contributed by atoms with E-state index in [2.05, 4.69) is 17.1 Å². The molecule has 96 valence electrons. The van der Waals surface area contributed by atoms with Crippen molar-refractivity contribution >= 4 is 12.2 Å². The Morgan fingerprint density at radius 2 is 2.28 bits per heavy atom. The van der Waals surface area contributed by atoms with E-state index < -0.39 is 0 Å². The molecule has 0 atom stereocenters. The van der Waals surface area contributed by atoms with Gasteiger partial charge in [-0.05, 0) is 30.8 Å². The summed E-state index contributed by atoms with van der Waals surface area (Å²) in [6.45, 7) is 2.06. The van der Waals surface area contributed by atoms with Gasteiger partial charge in [0.1, 0.15) is 17.4 Å². The minimum atomic E-state index is -0.345. The van der Waals surface area contributed by atoms with Gasteiger partial charge in [0.2, 0.25) is 0 Å². The lowest BCUT2D eigenvalue weighted by atomic mass is 10.2. The number of benzene rings is 1. The van der Waals surface area contributed by atoms with Crippen molar-refractivity contribution in [1.29, 1.82) is 0 Å². The van der Waals surface area contributed by atoms with Gasteiger partial charge in [-0.15, -0.1) is 0 Å². The van der Waals surface area contributed by atoms with Crippen LogP contribution in [0.1, 0.15) is 19.2 Å². The lowest BCUT2D eigenvalue weighted by molar-refractivity contribution is 0.409. The number of ether oxygens (including phenoxy) is 1. The second-order valence-corrected chi connectivity index (χ2v) is 4.23. The summed E-state index contributed by atoms with van der Waals surface area (Å²) in [7, 11) is 1.50. The summed E-state index contributed by atoms with van der Waals surface area (Å²) in [4.78, 5) is 0. The van der Waals surface area contributed by atoms with Gasteiger partial charge in [-0.1, -0.05) is 6.92 Å². The van der Waals surface area contributed by atoms with Crippen LogP contribution in [0.25, 0.3) is 5.69 Å². The maximum atomic E-state index is 13.2. The molecule has 1 aromatic carbocycles. The largest absolute Gasteiger partial charge is 0.494 e. The van der Waals surface area contributed by atoms with Crippen molar-refractivity contribution in [1.82, 2.24) is 14.8 Å². The Morgan fingerprint density at radius 3 is 2.94 bits per heavy atom. The fraction of sp³-hybridized carbons (Fsp3) is 0.333. The second kappa shape index (κ2) is 5.30. The van der Waals surface area contributed by atoms with Crippen LogP contribution in [0, 0.1) is 10.6 Å². The van der Waals surface area contributed by atoms with Crippen LogP contribution in [-0.2, 0) is 6.42 Å². The molecule has 0 spiro atoms. The number of halogens is 1. The Bertz CT molecular complexity index is 606. The first-order valence-electron chi connectivity index (χ1n) is 5.67. The number of rotatable bonds is 4. The molecule has 0 unspecified atom stereocenters. The summed E-state index contributed by atoms with van der Waals surface area (Å²) in [5.41, 5.74) is 0.695. The van der Waals surface area contributed by atoms with Crippen LogP contribution in [0.15, 0.2) is 18.2 Å². The van der Waals surface area contributed by atoms with Crippen LogP contribution in [0.3, 0.4) is 0 Å². The van der Waals surface area contributed by atoms with E-state index in [9.17, 15) is 4.39 Å². The molecule has 1 heterocycles. The highest BCUT2D eigenvalue weighted by Crippen LogP contribution is 2.25. The maximum Gasteiger partial charge on any atom is 0.199 e. The summed E-state index contributed by atoms with van der Waals surface area (Å²) in [5.74, 6) is 0.903. The van der Waals surface area contributed by atoms with E-state index in [1.165, 1.54) is 19.2 Å². The monoisotopic (exact) mass is 267 g/mol. The molecule has 0 bridgehead atoms. The van der Waals surface area contributed by atoms with Crippen LogP contribution < -0.4 is 4.74 Å². The molecule has 0 saturated heterocycles. The van der Waals surface area contributed by atoms with Crippen LogP contribution in [0.5, 0.6) is 5.75 Å². The predicted octanol–water partition coefficient (Wildman–Crippen LogP) is 3.03. The molecule has 18 heavy (non-hydrogen) atoms. The Kier molecular flexibility index (Phi) is 3.76. The number of aromatic nitrogens is 3. The smallest absolute Gasteiger partial charge is 0.199 e. The Hall–Kier alpha value is -1.69. The summed E-state index contributed by atoms with van der Waals surface area (Å²) < 4.78 is 20.6. The highest BCUT2D eigenvalue weighted by molar-refractivity contribution is 7.71. The van der Waals surface area contributed by atoms with Crippen molar-refractivity contribution in [3.05, 3.63) is 34.6 Å². The van der Waals surface area contributed by atoms with Crippen molar-refractivity contribution < 1.29 is 9.13 Å². The molecular weight excluding hydrogens is 253 g/mol. The summed E-state index contributed by atoms with van der Waals surface area (Å²) in [5, 5.41) is 6.93. The number of aryl methyl sites for hydroxylation is 1. The number of hydrogen-bond donors (Lipinski definition) is 1. The minimum Gasteiger partial charge on any atom is -0.494 e. The van der Waals surface area contributed by atoms with Crippen LogP contribution in [-0.4, -0.2) is 21.9 Å². The Morgan fingerprint density at radius 1 is 1.50 bits per heavy atom. The topological polar surface area (TPSA) is 42.8 Å². The third-order valence-corrected chi connectivity index (χ3v) is 2.87. The number of hydrogen-bond acceptors (Lipinski definition) is 3. The van der Waals surface area contributed by atoms with E-state index in [0.717, 1.165) is 18.7 Å². The molecule has 1 aromatic heterocycles. The molecule has 0 aliphatic rings. The summed E-state index contributed by atoms with van der Waals surface area (Å²) in [6, 6.07) is 4.35. The summed E-state index contributed by atoms with van der Waals surface area (Å²) in [6.07, 6.45) is 1.73. The first-order valence-corrected chi connectivity index (χ1v) is 6.08. The molecule has 0 aliphatic heterocycles. The Labute approximate surface area is 109 Å². The van der Waals surface area contributed by atoms with E-state index in [0.29, 0.717) is 16.2 Å². The molecule has 0 radical (unpaired) electrons. The molecule has 4 nitrogen and oxygen atoms in total. The van der Waals surface area contributed by atoms with Gasteiger partial charge in [0.25, 0.3) is 0 Å². The molecule has 0 saturated carbocycles. The van der Waals surface area contributed by atoms with Crippen LogP contribution in [0.4, 0.5) is 4.39 Å². The lowest BCUT2D eigenvalue weighted by Crippen LogP contribution is -2.04. The number of aromatic amines is 1. The zero-order valence-corrected chi connectivity index (χ0v) is 11.1. The van der Waals surface area contributed by atoms with E-state index in [1.54, 1.807) is 10.6 Å². The molecule has 0 fully saturated rings. The third-order valence-electron chi connectivity index (χ3n) is 2.60. The molecule has 6 heteroatoms. The average Bonchev–Trinajstić information content (AvgIpc) is 2.71. The van der Waals surface area contributed by atoms with E-state index in [1.807, 2.05) is 0 Å². The van der Waals surface area contributed by atoms with Gasteiger partial charge in [-0.2, -0.15) is 5.10 Å². The minimum absolute atomic E-state index is 0.345. The van der Waals surface area contributed by atoms with Crippen LogP contribution >= 0.6 is 12.2 Å². The number of methoxy groups -OCH3 is 1. The zero-order chi connectivity index (χ0) is 13.1. The van der Waals surface area contributed by atoms with Crippen molar-refractivity contribution in [2.75, 3.05) is 7.11 Å². The molecule has 2 rings (SSSR count). The van der Waals surface area contributed by atoms with Gasteiger partial charge in [0.05, 0.1) is 12.8 Å². The number of nitrogens with one attached hydrogen (secondary N) is 1. The van der Waals surface area contributed by atoms with Crippen molar-refractivity contribution in [2.24, 2.45) is 0 Å². The van der Waals surface area contributed by atoms with E-state index >= 15 is 0 Å². The molecular formula is C12H14FN3OS. The fourth-order valence-electron chi connectivity index (χ4n) is 1.81. The average molecular weight is 267 g/mol. The second-order valence-electron chi connectivity index (χ2n) is 3.85. The first-order chi connectivity index (χ1) is 8.67. The van der Waals surface area contributed by atoms with E-state index in [-0.39, 0.29) is 5.82 Å². The van der Waals surface area contributed by atoms with Crippen molar-refractivity contribution in [3.63, 3.8) is 0 Å². The highest BCUT2D eigenvalue weighted by atomic mass is 32.1. The van der Waals surface area contributed by atoms with Gasteiger partial charge in [-0.3, -0.25) is 9.67 Å². The summed E-state index contributed by atoms with van der Waals surface area (Å²) >= 11 is 5.21. The highest BCUT2D eigenvalue weighted by Gasteiger charge is 2.12. The molecule has 1 N–H and O–H groups in total. The number of nitrogens with zero attached hydrogens (tertiary/aromatic N) is 2.